The minimum absolute atomic E-state index is 0.0364. The van der Waals surface area contributed by atoms with Gasteiger partial charge in [-0.25, -0.2) is 4.57 Å². The molecule has 306 valence electrons. The maximum atomic E-state index is 12.6. The molecule has 0 saturated carbocycles. The van der Waals surface area contributed by atoms with Gasteiger partial charge in [-0.1, -0.05) is 159 Å². The van der Waals surface area contributed by atoms with Gasteiger partial charge in [-0.15, -0.1) is 0 Å². The van der Waals surface area contributed by atoms with Crippen molar-refractivity contribution in [3.8, 4) is 0 Å². The first-order chi connectivity index (χ1) is 25.3. The van der Waals surface area contributed by atoms with Gasteiger partial charge >= 0.3 is 13.8 Å². The highest BCUT2D eigenvalue weighted by Crippen LogP contribution is 2.43. The third kappa shape index (κ3) is 38.4. The second-order valence-electron chi connectivity index (χ2n) is 14.0. The van der Waals surface area contributed by atoms with Crippen LogP contribution in [0.25, 0.3) is 0 Å². The molecule has 10 heteroatoms. The van der Waals surface area contributed by atoms with E-state index >= 15 is 0 Å². The number of rotatable bonds is 40. The molecule has 0 rings (SSSR count). The molecule has 0 spiro atoms. The van der Waals surface area contributed by atoms with Crippen molar-refractivity contribution in [1.29, 1.82) is 0 Å². The van der Waals surface area contributed by atoms with Crippen LogP contribution in [0.2, 0.25) is 0 Å². The third-order valence-electron chi connectivity index (χ3n) is 8.83. The number of hydrogen-bond donors (Lipinski definition) is 3. The lowest BCUT2D eigenvalue weighted by Crippen LogP contribution is -2.29. The zero-order valence-corrected chi connectivity index (χ0v) is 34.2. The number of aliphatic hydroxyl groups excluding tert-OH is 2. The van der Waals surface area contributed by atoms with Gasteiger partial charge in [0, 0.05) is 13.0 Å². The molecular weight excluding hydrogens is 679 g/mol. The SMILES string of the molecule is CCCCC/C=C\C/C=C\C/C=C\CCCCC(=O)O[C@H](COCCCCCCCCCCCCCCCCCC)COP(=O)(O)OC[C@@H](O)CO. The van der Waals surface area contributed by atoms with E-state index < -0.39 is 45.8 Å². The molecule has 1 unspecified atom stereocenters. The Morgan fingerprint density at radius 1 is 0.596 bits per heavy atom. The van der Waals surface area contributed by atoms with E-state index in [2.05, 4.69) is 50.3 Å². The molecule has 0 aliphatic rings. The Balaban J connectivity index is 4.24. The molecule has 0 aromatic carbocycles. The molecule has 3 N–H and O–H groups in total. The molecule has 0 radical (unpaired) electrons. The van der Waals surface area contributed by atoms with Crippen molar-refractivity contribution in [3.05, 3.63) is 36.5 Å². The smallest absolute Gasteiger partial charge is 0.457 e. The van der Waals surface area contributed by atoms with Gasteiger partial charge in [-0.05, 0) is 51.4 Å². The molecule has 0 bridgehead atoms. The number of allylic oxidation sites excluding steroid dienone is 6. The normalized spacial score (nSPS) is 14.5. The topological polar surface area (TPSA) is 132 Å². The molecule has 0 aliphatic heterocycles. The molecule has 0 saturated heterocycles. The van der Waals surface area contributed by atoms with Crippen LogP contribution in [-0.4, -0.2) is 66.3 Å². The summed E-state index contributed by atoms with van der Waals surface area (Å²) in [5, 5.41) is 18.3. The fraction of sp³-hybridized carbons (Fsp3) is 0.833. The standard InChI is InChI=1S/C42H79O9P/c1-3-5-7-9-11-13-15-17-19-21-23-25-27-29-31-33-35-48-38-41(39-50-52(46,47)49-37-40(44)36-43)51-42(45)34-32-30-28-26-24-22-20-18-16-14-12-10-8-6-4-2/h12,14,18,20,24,26,40-41,43-44H,3-11,13,15-17,19,21-23,25,27-39H2,1-2H3,(H,46,47)/b14-12-,20-18-,26-24-/t40-,41+/m0/s1. The summed E-state index contributed by atoms with van der Waals surface area (Å²) in [4.78, 5) is 22.5. The number of aliphatic hydroxyl groups is 2. The maximum Gasteiger partial charge on any atom is 0.472 e. The Bertz CT molecular complexity index is 908. The van der Waals surface area contributed by atoms with Crippen LogP contribution in [-0.2, 0) is 27.9 Å². The first kappa shape index (κ1) is 50.7. The largest absolute Gasteiger partial charge is 0.472 e. The van der Waals surface area contributed by atoms with Crippen molar-refractivity contribution in [2.45, 2.75) is 193 Å². The van der Waals surface area contributed by atoms with Crippen molar-refractivity contribution < 1.29 is 43.0 Å². The number of carbonyl (C=O) groups excluding carboxylic acids is 1. The third-order valence-corrected chi connectivity index (χ3v) is 9.78. The summed E-state index contributed by atoms with van der Waals surface area (Å²) in [6, 6.07) is 0. The van der Waals surface area contributed by atoms with Gasteiger partial charge in [-0.2, -0.15) is 0 Å². The van der Waals surface area contributed by atoms with E-state index in [4.69, 9.17) is 23.6 Å². The first-order valence-corrected chi connectivity index (χ1v) is 22.5. The van der Waals surface area contributed by atoms with Gasteiger partial charge in [0.1, 0.15) is 12.2 Å². The number of esters is 1. The van der Waals surface area contributed by atoms with Crippen molar-refractivity contribution >= 4 is 13.8 Å². The first-order valence-electron chi connectivity index (χ1n) is 21.0. The fourth-order valence-corrected chi connectivity index (χ4v) is 6.39. The Kier molecular flexibility index (Phi) is 38.4. The van der Waals surface area contributed by atoms with Gasteiger partial charge in [0.25, 0.3) is 0 Å². The van der Waals surface area contributed by atoms with Crippen molar-refractivity contribution in [2.24, 2.45) is 0 Å². The highest BCUT2D eigenvalue weighted by Gasteiger charge is 2.26. The van der Waals surface area contributed by atoms with Crippen LogP contribution in [0.3, 0.4) is 0 Å². The van der Waals surface area contributed by atoms with Crippen LogP contribution >= 0.6 is 7.82 Å². The molecule has 3 atom stereocenters. The summed E-state index contributed by atoms with van der Waals surface area (Å²) in [7, 11) is -4.52. The number of hydrogen-bond acceptors (Lipinski definition) is 8. The number of ether oxygens (including phenoxy) is 2. The average molecular weight is 759 g/mol. The summed E-state index contributed by atoms with van der Waals surface area (Å²) in [5.41, 5.74) is 0. The number of phosphoric ester groups is 1. The van der Waals surface area contributed by atoms with E-state index in [-0.39, 0.29) is 13.0 Å². The van der Waals surface area contributed by atoms with Gasteiger partial charge < -0.3 is 24.6 Å². The summed E-state index contributed by atoms with van der Waals surface area (Å²) in [6.45, 7) is 3.45. The molecule has 0 heterocycles. The maximum absolute atomic E-state index is 12.6. The number of unbranched alkanes of at least 4 members (excludes halogenated alkanes) is 20. The molecule has 0 amide bonds. The second kappa shape index (κ2) is 39.4. The second-order valence-corrected chi connectivity index (χ2v) is 15.5. The molecule has 9 nitrogen and oxygen atoms in total. The van der Waals surface area contributed by atoms with E-state index in [0.29, 0.717) is 13.0 Å². The summed E-state index contributed by atoms with van der Waals surface area (Å²) in [6.07, 6.45) is 41.0. The Hall–Kier alpha value is -1.32. The van der Waals surface area contributed by atoms with Crippen LogP contribution in [0.4, 0.5) is 0 Å². The van der Waals surface area contributed by atoms with Gasteiger partial charge in [0.05, 0.1) is 26.4 Å². The zero-order chi connectivity index (χ0) is 38.2. The molecule has 52 heavy (non-hydrogen) atoms. The Morgan fingerprint density at radius 3 is 1.56 bits per heavy atom. The van der Waals surface area contributed by atoms with Crippen LogP contribution < -0.4 is 0 Å². The lowest BCUT2D eigenvalue weighted by atomic mass is 10.0. The van der Waals surface area contributed by atoms with Gasteiger partial charge in [-0.3, -0.25) is 13.8 Å². The molecule has 0 aromatic rings. The van der Waals surface area contributed by atoms with Crippen molar-refractivity contribution in [3.63, 3.8) is 0 Å². The van der Waals surface area contributed by atoms with Crippen LogP contribution in [0.1, 0.15) is 181 Å². The minimum Gasteiger partial charge on any atom is -0.457 e. The lowest BCUT2D eigenvalue weighted by molar-refractivity contribution is -0.154. The van der Waals surface area contributed by atoms with Crippen molar-refractivity contribution in [1.82, 2.24) is 0 Å². The van der Waals surface area contributed by atoms with E-state index in [1.807, 2.05) is 0 Å². The van der Waals surface area contributed by atoms with E-state index in [1.165, 1.54) is 103 Å². The summed E-state index contributed by atoms with van der Waals surface area (Å²) < 4.78 is 33.3. The predicted octanol–water partition coefficient (Wildman–Crippen LogP) is 11.3. The van der Waals surface area contributed by atoms with E-state index in [1.54, 1.807) is 0 Å². The number of phosphoric acid groups is 1. The van der Waals surface area contributed by atoms with Gasteiger partial charge in [0.2, 0.25) is 0 Å². The predicted molar refractivity (Wildman–Crippen MR) is 214 cm³/mol. The zero-order valence-electron chi connectivity index (χ0n) is 33.3. The highest BCUT2D eigenvalue weighted by atomic mass is 31.2. The van der Waals surface area contributed by atoms with Crippen LogP contribution in [0.15, 0.2) is 36.5 Å². The van der Waals surface area contributed by atoms with Crippen LogP contribution in [0, 0.1) is 0 Å². The van der Waals surface area contributed by atoms with Crippen LogP contribution in [0.5, 0.6) is 0 Å². The Morgan fingerprint density at radius 2 is 1.04 bits per heavy atom. The summed E-state index contributed by atoms with van der Waals surface area (Å²) in [5.74, 6) is -0.418. The molecule has 0 aliphatic carbocycles. The highest BCUT2D eigenvalue weighted by molar-refractivity contribution is 7.47. The molecular formula is C42H79O9P. The van der Waals surface area contributed by atoms with Gasteiger partial charge in [0.15, 0.2) is 0 Å². The lowest BCUT2D eigenvalue weighted by Gasteiger charge is -2.20. The molecule has 0 fully saturated rings. The minimum atomic E-state index is -4.52. The number of carbonyl (C=O) groups is 1. The monoisotopic (exact) mass is 759 g/mol. The fourth-order valence-electron chi connectivity index (χ4n) is 5.60. The summed E-state index contributed by atoms with van der Waals surface area (Å²) >= 11 is 0. The Labute approximate surface area is 318 Å². The average Bonchev–Trinajstić information content (AvgIpc) is 3.13. The molecule has 0 aromatic heterocycles. The van der Waals surface area contributed by atoms with E-state index in [0.717, 1.165) is 51.4 Å². The van der Waals surface area contributed by atoms with Crippen molar-refractivity contribution in [2.75, 3.05) is 33.0 Å². The quantitative estimate of drug-likeness (QED) is 0.0242. The van der Waals surface area contributed by atoms with E-state index in [9.17, 15) is 19.4 Å².